The van der Waals surface area contributed by atoms with E-state index in [1.165, 1.54) is 0 Å². The van der Waals surface area contributed by atoms with Gasteiger partial charge < -0.3 is 9.88 Å². The summed E-state index contributed by atoms with van der Waals surface area (Å²) < 4.78 is 1.90. The van der Waals surface area contributed by atoms with Crippen molar-refractivity contribution in [2.45, 2.75) is 24.3 Å². The molecular formula is C13H14N4OS. The summed E-state index contributed by atoms with van der Waals surface area (Å²) in [6.07, 6.45) is 3.92. The molecule has 3 rings (SSSR count). The Bertz CT molecular complexity index is 623. The fourth-order valence-corrected chi connectivity index (χ4v) is 2.80. The van der Waals surface area contributed by atoms with Crippen LogP contribution in [0.4, 0.5) is 5.69 Å². The van der Waals surface area contributed by atoms with Gasteiger partial charge in [-0.3, -0.25) is 4.79 Å². The van der Waals surface area contributed by atoms with E-state index in [1.807, 2.05) is 35.1 Å². The van der Waals surface area contributed by atoms with E-state index in [4.69, 9.17) is 0 Å². The van der Waals surface area contributed by atoms with Crippen molar-refractivity contribution in [3.63, 3.8) is 0 Å². The number of carbonyl (C=O) groups excluding carboxylic acids is 1. The summed E-state index contributed by atoms with van der Waals surface area (Å²) in [5.41, 5.74) is 0.815. The van der Waals surface area contributed by atoms with Gasteiger partial charge in [-0.05, 0) is 24.8 Å². The molecule has 1 aliphatic heterocycles. The topological polar surface area (TPSA) is 59.8 Å². The fraction of sp³-hybridized carbons (Fsp3) is 0.308. The van der Waals surface area contributed by atoms with E-state index in [-0.39, 0.29) is 5.91 Å². The van der Waals surface area contributed by atoms with E-state index < -0.39 is 0 Å². The number of benzene rings is 1. The fourth-order valence-electron chi connectivity index (χ4n) is 2.24. The molecule has 0 fully saturated rings. The number of rotatable bonds is 3. The first-order chi connectivity index (χ1) is 9.29. The zero-order valence-electron chi connectivity index (χ0n) is 10.6. The molecule has 1 aliphatic rings. The van der Waals surface area contributed by atoms with Gasteiger partial charge in [-0.25, -0.2) is 0 Å². The van der Waals surface area contributed by atoms with Crippen LogP contribution in [-0.4, -0.2) is 26.9 Å². The van der Waals surface area contributed by atoms with Gasteiger partial charge in [0.2, 0.25) is 5.82 Å². The van der Waals surface area contributed by atoms with E-state index in [9.17, 15) is 4.79 Å². The molecule has 1 aromatic heterocycles. The standard InChI is InChI=1S/C13H14N4OS/c1-19-10-6-3-2-5-9(10)14-13(18)12-16-15-11-7-4-8-17(11)12/h2-3,5-6H,4,7-8H2,1H3,(H,14,18). The van der Waals surface area contributed by atoms with Crippen LogP contribution in [0, 0.1) is 0 Å². The summed E-state index contributed by atoms with van der Waals surface area (Å²) in [6, 6.07) is 7.74. The number of thioether (sulfide) groups is 1. The average Bonchev–Trinajstić information content (AvgIpc) is 3.01. The third-order valence-corrected chi connectivity index (χ3v) is 3.96. The van der Waals surface area contributed by atoms with Gasteiger partial charge >= 0.3 is 0 Å². The molecule has 0 saturated heterocycles. The average molecular weight is 274 g/mol. The highest BCUT2D eigenvalue weighted by Gasteiger charge is 2.22. The Kier molecular flexibility index (Phi) is 3.25. The van der Waals surface area contributed by atoms with E-state index in [2.05, 4.69) is 15.5 Å². The number of hydrogen-bond donors (Lipinski definition) is 1. The number of anilines is 1. The number of para-hydroxylation sites is 1. The Morgan fingerprint density at radius 2 is 2.21 bits per heavy atom. The van der Waals surface area contributed by atoms with E-state index >= 15 is 0 Å². The Morgan fingerprint density at radius 3 is 3.05 bits per heavy atom. The van der Waals surface area contributed by atoms with Gasteiger partial charge in [-0.1, -0.05) is 12.1 Å². The summed E-state index contributed by atoms with van der Waals surface area (Å²) >= 11 is 1.60. The first-order valence-electron chi connectivity index (χ1n) is 6.16. The smallest absolute Gasteiger partial charge is 0.293 e. The van der Waals surface area contributed by atoms with Crippen molar-refractivity contribution in [3.05, 3.63) is 35.9 Å². The summed E-state index contributed by atoms with van der Waals surface area (Å²) in [7, 11) is 0. The molecule has 6 heteroatoms. The molecule has 0 saturated carbocycles. The molecule has 19 heavy (non-hydrogen) atoms. The van der Waals surface area contributed by atoms with Gasteiger partial charge in [0.25, 0.3) is 5.91 Å². The normalized spacial score (nSPS) is 13.3. The lowest BCUT2D eigenvalue weighted by Gasteiger charge is -2.08. The van der Waals surface area contributed by atoms with Crippen LogP contribution in [0.25, 0.3) is 0 Å². The number of nitrogens with zero attached hydrogens (tertiary/aromatic N) is 3. The van der Waals surface area contributed by atoms with Crippen LogP contribution in [0.5, 0.6) is 0 Å². The third-order valence-electron chi connectivity index (χ3n) is 3.17. The van der Waals surface area contributed by atoms with Gasteiger partial charge in [0, 0.05) is 17.9 Å². The minimum Gasteiger partial charge on any atom is -0.318 e. The van der Waals surface area contributed by atoms with Crippen LogP contribution in [0.1, 0.15) is 22.9 Å². The van der Waals surface area contributed by atoms with Crippen molar-refractivity contribution in [2.75, 3.05) is 11.6 Å². The molecule has 0 atom stereocenters. The van der Waals surface area contributed by atoms with Crippen molar-refractivity contribution in [3.8, 4) is 0 Å². The summed E-state index contributed by atoms with van der Waals surface area (Å²) in [5, 5.41) is 10.9. The van der Waals surface area contributed by atoms with Gasteiger partial charge in [0.15, 0.2) is 0 Å². The van der Waals surface area contributed by atoms with Crippen molar-refractivity contribution >= 4 is 23.4 Å². The van der Waals surface area contributed by atoms with Crippen LogP contribution in [0.15, 0.2) is 29.2 Å². The number of carbonyl (C=O) groups is 1. The van der Waals surface area contributed by atoms with Gasteiger partial charge in [-0.2, -0.15) is 0 Å². The van der Waals surface area contributed by atoms with Gasteiger partial charge in [0.1, 0.15) is 5.82 Å². The maximum absolute atomic E-state index is 12.3. The van der Waals surface area contributed by atoms with Crippen LogP contribution in [0.2, 0.25) is 0 Å². The first-order valence-corrected chi connectivity index (χ1v) is 7.38. The van der Waals surface area contributed by atoms with Crippen molar-refractivity contribution in [2.24, 2.45) is 0 Å². The van der Waals surface area contributed by atoms with Crippen molar-refractivity contribution in [1.82, 2.24) is 14.8 Å². The predicted octanol–water partition coefficient (Wildman–Crippen LogP) is 2.20. The number of hydrogen-bond acceptors (Lipinski definition) is 4. The van der Waals surface area contributed by atoms with Gasteiger partial charge in [-0.15, -0.1) is 22.0 Å². The van der Waals surface area contributed by atoms with Crippen molar-refractivity contribution < 1.29 is 4.79 Å². The molecule has 2 aromatic rings. The molecule has 1 amide bonds. The van der Waals surface area contributed by atoms with Crippen molar-refractivity contribution in [1.29, 1.82) is 0 Å². The summed E-state index contributed by atoms with van der Waals surface area (Å²) in [5.74, 6) is 1.12. The molecule has 0 bridgehead atoms. The SMILES string of the molecule is CSc1ccccc1NC(=O)c1nnc2n1CCC2. The highest BCUT2D eigenvalue weighted by Crippen LogP contribution is 2.25. The lowest BCUT2D eigenvalue weighted by atomic mass is 10.3. The second kappa shape index (κ2) is 5.05. The quantitative estimate of drug-likeness (QED) is 0.872. The Balaban J connectivity index is 1.85. The minimum atomic E-state index is -0.192. The largest absolute Gasteiger partial charge is 0.318 e. The molecule has 0 unspecified atom stereocenters. The van der Waals surface area contributed by atoms with Crippen LogP contribution < -0.4 is 5.32 Å². The maximum Gasteiger partial charge on any atom is 0.293 e. The van der Waals surface area contributed by atoms with E-state index in [0.717, 1.165) is 35.8 Å². The van der Waals surface area contributed by atoms with Gasteiger partial charge in [0.05, 0.1) is 5.69 Å². The zero-order chi connectivity index (χ0) is 13.2. The van der Waals surface area contributed by atoms with Crippen LogP contribution >= 0.6 is 11.8 Å². The molecule has 2 heterocycles. The van der Waals surface area contributed by atoms with Crippen LogP contribution in [0.3, 0.4) is 0 Å². The molecule has 0 aliphatic carbocycles. The first kappa shape index (κ1) is 12.2. The molecule has 98 valence electrons. The summed E-state index contributed by atoms with van der Waals surface area (Å²) in [6.45, 7) is 0.829. The second-order valence-corrected chi connectivity index (χ2v) is 5.20. The Hall–Kier alpha value is -1.82. The molecular weight excluding hydrogens is 260 g/mol. The number of aromatic nitrogens is 3. The molecule has 0 spiro atoms. The molecule has 1 aromatic carbocycles. The molecule has 0 radical (unpaired) electrons. The third kappa shape index (κ3) is 2.23. The summed E-state index contributed by atoms with van der Waals surface area (Å²) in [4.78, 5) is 13.3. The lowest BCUT2D eigenvalue weighted by Crippen LogP contribution is -2.18. The molecule has 5 nitrogen and oxygen atoms in total. The monoisotopic (exact) mass is 274 g/mol. The number of fused-ring (bicyclic) bond motifs is 1. The Morgan fingerprint density at radius 1 is 1.37 bits per heavy atom. The number of amides is 1. The Labute approximate surface area is 115 Å². The molecule has 1 N–H and O–H groups in total. The van der Waals surface area contributed by atoms with Crippen LogP contribution in [-0.2, 0) is 13.0 Å². The van der Waals surface area contributed by atoms with E-state index in [0.29, 0.717) is 5.82 Å². The maximum atomic E-state index is 12.3. The predicted molar refractivity (Wildman–Crippen MR) is 74.5 cm³/mol. The number of aryl methyl sites for hydroxylation is 1. The second-order valence-electron chi connectivity index (χ2n) is 4.35. The zero-order valence-corrected chi connectivity index (χ0v) is 11.4. The highest BCUT2D eigenvalue weighted by atomic mass is 32.2. The lowest BCUT2D eigenvalue weighted by molar-refractivity contribution is 0.101. The van der Waals surface area contributed by atoms with E-state index in [1.54, 1.807) is 11.8 Å². The minimum absolute atomic E-state index is 0.192. The highest BCUT2D eigenvalue weighted by molar-refractivity contribution is 7.98. The number of nitrogens with one attached hydrogen (secondary N) is 1.